The SMILES string of the molecule is Cc1cc(C)c2c(c1)[Si](C)(C)c1cc(C)cc(C)c1N2B1c2ccccc2Oc2ccccc21. The molecule has 0 spiro atoms. The first-order chi connectivity index (χ1) is 16.3. The Bertz CT molecular complexity index is 1370. The van der Waals surface area contributed by atoms with Crippen molar-refractivity contribution in [2.75, 3.05) is 4.81 Å². The van der Waals surface area contributed by atoms with E-state index in [1.807, 2.05) is 0 Å². The second-order valence-corrected chi connectivity index (χ2v) is 14.9. The molecule has 4 aromatic carbocycles. The van der Waals surface area contributed by atoms with Crippen molar-refractivity contribution in [3.8, 4) is 11.5 Å². The summed E-state index contributed by atoms with van der Waals surface area (Å²) in [5.74, 6) is 1.90. The number of aryl methyl sites for hydroxylation is 4. The zero-order chi connectivity index (χ0) is 23.8. The average molecular weight is 459 g/mol. The summed E-state index contributed by atoms with van der Waals surface area (Å²) in [4.78, 5) is 2.65. The Labute approximate surface area is 204 Å². The van der Waals surface area contributed by atoms with Gasteiger partial charge in [-0.05, 0) is 72.3 Å². The van der Waals surface area contributed by atoms with E-state index >= 15 is 0 Å². The summed E-state index contributed by atoms with van der Waals surface area (Å²) in [5, 5.41) is 3.06. The average Bonchev–Trinajstić information content (AvgIpc) is 2.79. The van der Waals surface area contributed by atoms with E-state index in [0.717, 1.165) is 11.5 Å². The predicted molar refractivity (Wildman–Crippen MR) is 149 cm³/mol. The smallest absolute Gasteiger partial charge is 0.335 e. The first-order valence-corrected chi connectivity index (χ1v) is 15.2. The lowest BCUT2D eigenvalue weighted by Gasteiger charge is -2.47. The molecule has 4 aromatic rings. The highest BCUT2D eigenvalue weighted by atomic mass is 28.3. The van der Waals surface area contributed by atoms with Crippen molar-refractivity contribution < 1.29 is 4.74 Å². The van der Waals surface area contributed by atoms with E-state index in [1.165, 1.54) is 54.9 Å². The maximum Gasteiger partial charge on any atom is 0.335 e. The lowest BCUT2D eigenvalue weighted by Crippen LogP contribution is -2.66. The number of para-hydroxylation sites is 2. The zero-order valence-electron chi connectivity index (χ0n) is 20.9. The molecule has 0 amide bonds. The maximum absolute atomic E-state index is 6.40. The van der Waals surface area contributed by atoms with Gasteiger partial charge in [0.05, 0.1) is 0 Å². The van der Waals surface area contributed by atoms with Crippen molar-refractivity contribution in [2.24, 2.45) is 0 Å². The minimum atomic E-state index is -1.92. The number of rotatable bonds is 1. The lowest BCUT2D eigenvalue weighted by molar-refractivity contribution is 0.487. The number of ether oxygens (including phenoxy) is 1. The summed E-state index contributed by atoms with van der Waals surface area (Å²) in [6.07, 6.45) is 0. The van der Waals surface area contributed by atoms with Crippen LogP contribution in [0.15, 0.2) is 72.8 Å². The van der Waals surface area contributed by atoms with Crippen molar-refractivity contribution in [1.82, 2.24) is 0 Å². The molecule has 34 heavy (non-hydrogen) atoms. The molecule has 2 nitrogen and oxygen atoms in total. The third kappa shape index (κ3) is 2.94. The van der Waals surface area contributed by atoms with Gasteiger partial charge < -0.3 is 9.55 Å². The van der Waals surface area contributed by atoms with Gasteiger partial charge in [0.25, 0.3) is 0 Å². The second-order valence-electron chi connectivity index (χ2n) is 10.5. The minimum Gasteiger partial charge on any atom is -0.458 e. The molecule has 0 aromatic heterocycles. The Morgan fingerprint density at radius 1 is 0.647 bits per heavy atom. The topological polar surface area (TPSA) is 12.5 Å². The van der Waals surface area contributed by atoms with Crippen molar-refractivity contribution in [2.45, 2.75) is 40.8 Å². The molecule has 0 N–H and O–H groups in total. The zero-order valence-corrected chi connectivity index (χ0v) is 21.9. The fourth-order valence-electron chi connectivity index (χ4n) is 6.19. The highest BCUT2D eigenvalue weighted by molar-refractivity contribution is 7.04. The van der Waals surface area contributed by atoms with Crippen molar-refractivity contribution in [3.63, 3.8) is 0 Å². The normalized spacial score (nSPS) is 15.1. The Morgan fingerprint density at radius 3 is 1.56 bits per heavy atom. The fourth-order valence-corrected chi connectivity index (χ4v) is 9.48. The van der Waals surface area contributed by atoms with Gasteiger partial charge in [0.1, 0.15) is 19.6 Å². The molecule has 4 heteroatoms. The van der Waals surface area contributed by atoms with Gasteiger partial charge in [-0.1, -0.05) is 84.9 Å². The van der Waals surface area contributed by atoms with Crippen molar-refractivity contribution in [1.29, 1.82) is 0 Å². The predicted octanol–water partition coefficient (Wildman–Crippen LogP) is 5.11. The number of hydrogen-bond donors (Lipinski definition) is 0. The molecular formula is C30H30BNOSi. The number of benzene rings is 4. The van der Waals surface area contributed by atoms with E-state index in [-0.39, 0.29) is 6.85 Å². The van der Waals surface area contributed by atoms with Crippen molar-refractivity contribution >= 4 is 47.6 Å². The number of hydrogen-bond acceptors (Lipinski definition) is 2. The Balaban J connectivity index is 1.75. The molecule has 0 unspecified atom stereocenters. The van der Waals surface area contributed by atoms with E-state index in [4.69, 9.17) is 4.74 Å². The molecule has 2 aliphatic rings. The molecule has 2 aliphatic heterocycles. The second kappa shape index (κ2) is 7.38. The van der Waals surface area contributed by atoms with E-state index < -0.39 is 8.07 Å². The van der Waals surface area contributed by atoms with Crippen LogP contribution in [0.3, 0.4) is 0 Å². The van der Waals surface area contributed by atoms with Crippen LogP contribution in [0.1, 0.15) is 22.3 Å². The molecule has 0 saturated carbocycles. The highest BCUT2D eigenvalue weighted by Crippen LogP contribution is 2.39. The van der Waals surface area contributed by atoms with Crippen LogP contribution in [0.4, 0.5) is 11.4 Å². The van der Waals surface area contributed by atoms with Crippen molar-refractivity contribution in [3.05, 3.63) is 95.1 Å². The maximum atomic E-state index is 6.40. The Kier molecular flexibility index (Phi) is 4.62. The minimum absolute atomic E-state index is 0.0477. The van der Waals surface area contributed by atoms with Gasteiger partial charge in [-0.25, -0.2) is 0 Å². The first-order valence-electron chi connectivity index (χ1n) is 12.2. The van der Waals surface area contributed by atoms with Gasteiger partial charge in [0.15, 0.2) is 0 Å². The largest absolute Gasteiger partial charge is 0.458 e. The van der Waals surface area contributed by atoms with Crippen LogP contribution >= 0.6 is 0 Å². The summed E-state index contributed by atoms with van der Waals surface area (Å²) < 4.78 is 6.40. The standard InChI is InChI=1S/C30H30BNOSi/c1-19-15-21(3)29-27(17-19)34(5,6)28-18-20(2)16-22(4)30(28)32(29)31-23-11-7-9-13-25(23)33-26-14-10-8-12-24(26)31/h7-18H,1-6H3. The van der Waals surface area contributed by atoms with E-state index in [1.54, 1.807) is 0 Å². The monoisotopic (exact) mass is 459 g/mol. The molecule has 0 bridgehead atoms. The van der Waals surface area contributed by atoms with Gasteiger partial charge in [-0.3, -0.25) is 0 Å². The summed E-state index contributed by atoms with van der Waals surface area (Å²) in [5.41, 5.74) is 10.6. The van der Waals surface area contributed by atoms with Gasteiger partial charge in [0.2, 0.25) is 0 Å². The fraction of sp³-hybridized carbons (Fsp3) is 0.200. The van der Waals surface area contributed by atoms with E-state index in [2.05, 4.69) is 118 Å². The van der Waals surface area contributed by atoms with Crippen LogP contribution in [-0.2, 0) is 0 Å². The van der Waals surface area contributed by atoms with E-state index in [9.17, 15) is 0 Å². The third-order valence-corrected chi connectivity index (χ3v) is 11.1. The molecule has 0 fully saturated rings. The molecule has 0 radical (unpaired) electrons. The van der Waals surface area contributed by atoms with Crippen LogP contribution < -0.4 is 30.8 Å². The van der Waals surface area contributed by atoms with Crippen LogP contribution in [0, 0.1) is 27.7 Å². The molecule has 0 aliphatic carbocycles. The summed E-state index contributed by atoms with van der Waals surface area (Å²) in [6.45, 7) is 14.1. The number of nitrogens with zero attached hydrogens (tertiary/aromatic N) is 1. The summed E-state index contributed by atoms with van der Waals surface area (Å²) in [7, 11) is -1.92. The Morgan fingerprint density at radius 2 is 1.09 bits per heavy atom. The number of fused-ring (bicyclic) bond motifs is 4. The van der Waals surface area contributed by atoms with Crippen LogP contribution in [0.5, 0.6) is 11.5 Å². The quantitative estimate of drug-likeness (QED) is 0.367. The van der Waals surface area contributed by atoms with Crippen LogP contribution in [0.25, 0.3) is 0 Å². The Hall–Kier alpha value is -3.24. The summed E-state index contributed by atoms with van der Waals surface area (Å²) >= 11 is 0. The van der Waals surface area contributed by atoms with Crippen LogP contribution in [0.2, 0.25) is 13.1 Å². The molecule has 2 heterocycles. The van der Waals surface area contributed by atoms with Gasteiger partial charge in [-0.15, -0.1) is 0 Å². The molecule has 0 saturated heterocycles. The van der Waals surface area contributed by atoms with E-state index in [0.29, 0.717) is 0 Å². The first kappa shape index (κ1) is 21.3. The lowest BCUT2D eigenvalue weighted by atomic mass is 9.47. The van der Waals surface area contributed by atoms with Gasteiger partial charge in [-0.2, -0.15) is 0 Å². The number of anilines is 2. The molecular weight excluding hydrogens is 429 g/mol. The molecule has 0 atom stereocenters. The van der Waals surface area contributed by atoms with Crippen LogP contribution in [-0.4, -0.2) is 14.9 Å². The third-order valence-electron chi connectivity index (χ3n) is 7.62. The molecule has 6 rings (SSSR count). The highest BCUT2D eigenvalue weighted by Gasteiger charge is 2.46. The molecule has 168 valence electrons. The summed E-state index contributed by atoms with van der Waals surface area (Å²) in [6, 6.07) is 26.7. The van der Waals surface area contributed by atoms with Gasteiger partial charge in [0, 0.05) is 11.4 Å². The van der Waals surface area contributed by atoms with Gasteiger partial charge >= 0.3 is 6.85 Å².